The molecule has 0 heterocycles. The SMILES string of the molecule is COc1ccc(CNc2ccc(C(=O)NC(C)C)cc2[N+](=O)[O-])cc1OC. The molecule has 0 aliphatic heterocycles. The number of anilines is 1. The molecular formula is C19H23N3O5. The third-order valence-corrected chi connectivity index (χ3v) is 3.81. The number of methoxy groups -OCH3 is 2. The molecule has 2 aromatic rings. The number of rotatable bonds is 8. The molecular weight excluding hydrogens is 350 g/mol. The molecule has 1 amide bonds. The lowest BCUT2D eigenvalue weighted by Gasteiger charge is -2.12. The second-order valence-electron chi connectivity index (χ2n) is 6.16. The highest BCUT2D eigenvalue weighted by Crippen LogP contribution is 2.29. The fourth-order valence-corrected chi connectivity index (χ4v) is 2.51. The van der Waals surface area contributed by atoms with E-state index >= 15 is 0 Å². The van der Waals surface area contributed by atoms with Crippen molar-refractivity contribution in [3.8, 4) is 11.5 Å². The zero-order chi connectivity index (χ0) is 20.0. The van der Waals surface area contributed by atoms with Crippen LogP contribution >= 0.6 is 0 Å². The molecule has 0 spiro atoms. The first-order valence-corrected chi connectivity index (χ1v) is 8.39. The number of amides is 1. The third kappa shape index (κ3) is 5.10. The molecule has 0 unspecified atom stereocenters. The number of nitrogens with one attached hydrogen (secondary N) is 2. The first-order chi connectivity index (χ1) is 12.8. The molecule has 0 atom stereocenters. The summed E-state index contributed by atoms with van der Waals surface area (Å²) < 4.78 is 10.5. The van der Waals surface area contributed by atoms with Crippen molar-refractivity contribution in [3.63, 3.8) is 0 Å². The van der Waals surface area contributed by atoms with Crippen LogP contribution < -0.4 is 20.1 Å². The number of ether oxygens (including phenoxy) is 2. The van der Waals surface area contributed by atoms with Gasteiger partial charge in [0.2, 0.25) is 0 Å². The molecule has 0 aliphatic rings. The number of carbonyl (C=O) groups is 1. The summed E-state index contributed by atoms with van der Waals surface area (Å²) in [6, 6.07) is 9.71. The predicted molar refractivity (Wildman–Crippen MR) is 103 cm³/mol. The number of nitro benzene ring substituents is 1. The molecule has 2 rings (SSSR count). The number of hydrogen-bond donors (Lipinski definition) is 2. The Morgan fingerprint density at radius 1 is 1.11 bits per heavy atom. The second kappa shape index (κ2) is 8.88. The van der Waals surface area contributed by atoms with Crippen LogP contribution in [0.3, 0.4) is 0 Å². The number of benzene rings is 2. The molecule has 2 N–H and O–H groups in total. The van der Waals surface area contributed by atoms with E-state index in [9.17, 15) is 14.9 Å². The molecule has 0 radical (unpaired) electrons. The number of nitrogens with zero attached hydrogens (tertiary/aromatic N) is 1. The average molecular weight is 373 g/mol. The Hall–Kier alpha value is -3.29. The first kappa shape index (κ1) is 20.0. The van der Waals surface area contributed by atoms with Crippen LogP contribution in [0.1, 0.15) is 29.8 Å². The van der Waals surface area contributed by atoms with Crippen LogP contribution in [0.4, 0.5) is 11.4 Å². The molecule has 2 aromatic carbocycles. The van der Waals surface area contributed by atoms with Crippen LogP contribution in [0, 0.1) is 10.1 Å². The first-order valence-electron chi connectivity index (χ1n) is 8.39. The molecule has 0 saturated carbocycles. The van der Waals surface area contributed by atoms with Crippen molar-refractivity contribution < 1.29 is 19.2 Å². The van der Waals surface area contributed by atoms with Crippen molar-refractivity contribution in [2.75, 3.05) is 19.5 Å². The van der Waals surface area contributed by atoms with Crippen LogP contribution in [0.5, 0.6) is 11.5 Å². The van der Waals surface area contributed by atoms with Gasteiger partial charge in [0.1, 0.15) is 5.69 Å². The van der Waals surface area contributed by atoms with Gasteiger partial charge in [-0.2, -0.15) is 0 Å². The molecule has 0 saturated heterocycles. The van der Waals surface area contributed by atoms with Gasteiger partial charge in [0, 0.05) is 24.2 Å². The summed E-state index contributed by atoms with van der Waals surface area (Å²) in [6.07, 6.45) is 0. The highest BCUT2D eigenvalue weighted by atomic mass is 16.6. The maximum atomic E-state index is 12.1. The monoisotopic (exact) mass is 373 g/mol. The molecule has 144 valence electrons. The van der Waals surface area contributed by atoms with E-state index in [1.54, 1.807) is 32.4 Å². The number of nitro groups is 1. The minimum Gasteiger partial charge on any atom is -0.493 e. The summed E-state index contributed by atoms with van der Waals surface area (Å²) in [5, 5.41) is 17.2. The average Bonchev–Trinajstić information content (AvgIpc) is 2.65. The topological polar surface area (TPSA) is 103 Å². The summed E-state index contributed by atoms with van der Waals surface area (Å²) in [7, 11) is 3.09. The van der Waals surface area contributed by atoms with Crippen molar-refractivity contribution in [2.24, 2.45) is 0 Å². The normalized spacial score (nSPS) is 10.4. The highest BCUT2D eigenvalue weighted by molar-refractivity contribution is 5.95. The van der Waals surface area contributed by atoms with Crippen molar-refractivity contribution in [3.05, 3.63) is 57.6 Å². The van der Waals surface area contributed by atoms with E-state index in [-0.39, 0.29) is 23.2 Å². The van der Waals surface area contributed by atoms with Gasteiger partial charge in [-0.1, -0.05) is 6.07 Å². The Balaban J connectivity index is 2.21. The largest absolute Gasteiger partial charge is 0.493 e. The van der Waals surface area contributed by atoms with Gasteiger partial charge in [-0.25, -0.2) is 0 Å². The summed E-state index contributed by atoms with van der Waals surface area (Å²) in [5.41, 5.74) is 1.28. The quantitative estimate of drug-likeness (QED) is 0.543. The van der Waals surface area contributed by atoms with Gasteiger partial charge in [0.15, 0.2) is 11.5 Å². The summed E-state index contributed by atoms with van der Waals surface area (Å²) in [4.78, 5) is 23.0. The molecule has 8 nitrogen and oxygen atoms in total. The maximum absolute atomic E-state index is 12.1. The Morgan fingerprint density at radius 2 is 1.81 bits per heavy atom. The van der Waals surface area contributed by atoms with Crippen LogP contribution in [-0.2, 0) is 6.54 Å². The van der Waals surface area contributed by atoms with Crippen LogP contribution in [-0.4, -0.2) is 31.1 Å². The van der Waals surface area contributed by atoms with E-state index in [4.69, 9.17) is 9.47 Å². The van der Waals surface area contributed by atoms with Crippen LogP contribution in [0.15, 0.2) is 36.4 Å². The summed E-state index contributed by atoms with van der Waals surface area (Å²) in [5.74, 6) is 0.833. The Kier molecular flexibility index (Phi) is 6.59. The lowest BCUT2D eigenvalue weighted by molar-refractivity contribution is -0.384. The number of carbonyl (C=O) groups excluding carboxylic acids is 1. The standard InChI is InChI=1S/C19H23N3O5/c1-12(2)21-19(23)14-6-7-15(16(10-14)22(24)25)20-11-13-5-8-17(26-3)18(9-13)27-4/h5-10,12,20H,11H2,1-4H3,(H,21,23). The van der Waals surface area contributed by atoms with E-state index in [1.807, 2.05) is 19.9 Å². The fraction of sp³-hybridized carbons (Fsp3) is 0.316. The Bertz CT molecular complexity index is 836. The van der Waals surface area contributed by atoms with Crippen LogP contribution in [0.2, 0.25) is 0 Å². The van der Waals surface area contributed by atoms with Gasteiger partial charge in [-0.3, -0.25) is 14.9 Å². The predicted octanol–water partition coefficient (Wildman–Crippen LogP) is 3.36. The van der Waals surface area contributed by atoms with E-state index < -0.39 is 4.92 Å². The molecule has 0 bridgehead atoms. The van der Waals surface area contributed by atoms with Crippen LogP contribution in [0.25, 0.3) is 0 Å². The molecule has 0 aliphatic carbocycles. The lowest BCUT2D eigenvalue weighted by atomic mass is 10.1. The van der Waals surface area contributed by atoms with E-state index in [2.05, 4.69) is 10.6 Å². The second-order valence-corrected chi connectivity index (χ2v) is 6.16. The molecule has 27 heavy (non-hydrogen) atoms. The van der Waals surface area contributed by atoms with Gasteiger partial charge in [-0.05, 0) is 43.7 Å². The summed E-state index contributed by atoms with van der Waals surface area (Å²) in [6.45, 7) is 4.00. The van der Waals surface area contributed by atoms with Gasteiger partial charge in [0.25, 0.3) is 11.6 Å². The van der Waals surface area contributed by atoms with Crippen molar-refractivity contribution in [2.45, 2.75) is 26.4 Å². The molecule has 8 heteroatoms. The summed E-state index contributed by atoms with van der Waals surface area (Å²) >= 11 is 0. The maximum Gasteiger partial charge on any atom is 0.293 e. The van der Waals surface area contributed by atoms with Crippen molar-refractivity contribution in [1.29, 1.82) is 0 Å². The fourth-order valence-electron chi connectivity index (χ4n) is 2.51. The lowest BCUT2D eigenvalue weighted by Crippen LogP contribution is -2.30. The minimum absolute atomic E-state index is 0.0561. The molecule has 0 fully saturated rings. The molecule has 0 aromatic heterocycles. The zero-order valence-corrected chi connectivity index (χ0v) is 15.7. The van der Waals surface area contributed by atoms with Gasteiger partial charge < -0.3 is 20.1 Å². The van der Waals surface area contributed by atoms with E-state index in [0.29, 0.717) is 23.7 Å². The van der Waals surface area contributed by atoms with E-state index in [0.717, 1.165) is 5.56 Å². The third-order valence-electron chi connectivity index (χ3n) is 3.81. The number of hydrogen-bond acceptors (Lipinski definition) is 6. The smallest absolute Gasteiger partial charge is 0.293 e. The van der Waals surface area contributed by atoms with Crippen molar-refractivity contribution >= 4 is 17.3 Å². The minimum atomic E-state index is -0.511. The highest BCUT2D eigenvalue weighted by Gasteiger charge is 2.18. The van der Waals surface area contributed by atoms with E-state index in [1.165, 1.54) is 12.1 Å². The zero-order valence-electron chi connectivity index (χ0n) is 15.7. The van der Waals surface area contributed by atoms with Crippen molar-refractivity contribution in [1.82, 2.24) is 5.32 Å². The van der Waals surface area contributed by atoms with Gasteiger partial charge >= 0.3 is 0 Å². The van der Waals surface area contributed by atoms with Gasteiger partial charge in [-0.15, -0.1) is 0 Å². The van der Waals surface area contributed by atoms with Gasteiger partial charge in [0.05, 0.1) is 19.1 Å². The Labute approximate surface area is 157 Å². The Morgan fingerprint density at radius 3 is 2.41 bits per heavy atom.